The van der Waals surface area contributed by atoms with Crippen LogP contribution in [0.15, 0.2) is 12.4 Å². The molecule has 2 heterocycles. The molecule has 3 rings (SSSR count). The van der Waals surface area contributed by atoms with E-state index in [0.29, 0.717) is 12.6 Å². The molecular formula is C15H23N5O. The fourth-order valence-corrected chi connectivity index (χ4v) is 2.77. The highest BCUT2D eigenvalue weighted by atomic mass is 16.2. The van der Waals surface area contributed by atoms with Crippen molar-refractivity contribution in [2.45, 2.75) is 38.8 Å². The van der Waals surface area contributed by atoms with Crippen LogP contribution in [0.3, 0.4) is 0 Å². The van der Waals surface area contributed by atoms with E-state index < -0.39 is 0 Å². The van der Waals surface area contributed by atoms with Crippen molar-refractivity contribution in [2.75, 3.05) is 25.0 Å². The third-order valence-corrected chi connectivity index (χ3v) is 4.40. The second-order valence-electron chi connectivity index (χ2n) is 6.36. The monoisotopic (exact) mass is 289 g/mol. The van der Waals surface area contributed by atoms with Crippen LogP contribution < -0.4 is 15.5 Å². The molecule has 1 amide bonds. The van der Waals surface area contributed by atoms with Gasteiger partial charge in [-0.1, -0.05) is 0 Å². The zero-order valence-corrected chi connectivity index (χ0v) is 12.7. The molecule has 0 radical (unpaired) electrons. The van der Waals surface area contributed by atoms with Crippen LogP contribution in [0.5, 0.6) is 0 Å². The highest BCUT2D eigenvalue weighted by Gasteiger charge is 2.40. The summed E-state index contributed by atoms with van der Waals surface area (Å²) in [4.78, 5) is 22.9. The molecule has 2 N–H and O–H groups in total. The highest BCUT2D eigenvalue weighted by Crippen LogP contribution is 2.31. The Labute approximate surface area is 125 Å². The van der Waals surface area contributed by atoms with Crippen molar-refractivity contribution < 1.29 is 4.79 Å². The Hall–Kier alpha value is -1.69. The molecule has 2 aliphatic rings. The van der Waals surface area contributed by atoms with Gasteiger partial charge in [0, 0.05) is 50.7 Å². The molecule has 0 spiro atoms. The zero-order valence-electron chi connectivity index (χ0n) is 12.7. The van der Waals surface area contributed by atoms with Gasteiger partial charge in [0.1, 0.15) is 0 Å². The average molecular weight is 289 g/mol. The standard InChI is InChI=1S/C15H23N5O/c1-15(13(21)16-2)5-6-20(10-15)14-18-8-11(9-19-14)7-17-12-3-4-12/h8-9,12,17H,3-7,10H2,1-2H3,(H,16,21). The van der Waals surface area contributed by atoms with Crippen molar-refractivity contribution in [3.8, 4) is 0 Å². The molecule has 1 aromatic rings. The summed E-state index contributed by atoms with van der Waals surface area (Å²) in [5.74, 6) is 0.813. The maximum atomic E-state index is 11.9. The summed E-state index contributed by atoms with van der Waals surface area (Å²) < 4.78 is 0. The zero-order chi connectivity index (χ0) is 14.9. The van der Waals surface area contributed by atoms with Gasteiger partial charge in [-0.15, -0.1) is 0 Å². The number of carbonyl (C=O) groups excluding carboxylic acids is 1. The van der Waals surface area contributed by atoms with E-state index in [1.165, 1.54) is 12.8 Å². The minimum absolute atomic E-state index is 0.0928. The predicted molar refractivity (Wildman–Crippen MR) is 80.9 cm³/mol. The van der Waals surface area contributed by atoms with Crippen LogP contribution in [-0.4, -0.2) is 42.1 Å². The Bertz CT molecular complexity index is 513. The van der Waals surface area contributed by atoms with Crippen LogP contribution in [0.2, 0.25) is 0 Å². The summed E-state index contributed by atoms with van der Waals surface area (Å²) in [5.41, 5.74) is 0.767. The largest absolute Gasteiger partial charge is 0.359 e. The molecule has 1 aliphatic carbocycles. The molecule has 6 nitrogen and oxygen atoms in total. The lowest BCUT2D eigenvalue weighted by Gasteiger charge is -2.22. The SMILES string of the molecule is CNC(=O)C1(C)CCN(c2ncc(CNC3CC3)cn2)C1. The number of nitrogens with zero attached hydrogens (tertiary/aromatic N) is 3. The number of rotatable bonds is 5. The Morgan fingerprint density at radius 2 is 2.14 bits per heavy atom. The van der Waals surface area contributed by atoms with Gasteiger partial charge < -0.3 is 15.5 Å². The highest BCUT2D eigenvalue weighted by molar-refractivity contribution is 5.83. The van der Waals surface area contributed by atoms with Gasteiger partial charge in [-0.25, -0.2) is 9.97 Å². The second-order valence-corrected chi connectivity index (χ2v) is 6.36. The van der Waals surface area contributed by atoms with Gasteiger partial charge in [0.05, 0.1) is 5.41 Å². The van der Waals surface area contributed by atoms with Crippen molar-refractivity contribution in [3.63, 3.8) is 0 Å². The van der Waals surface area contributed by atoms with Crippen LogP contribution in [0.25, 0.3) is 0 Å². The Kier molecular flexibility index (Phi) is 3.80. The maximum absolute atomic E-state index is 11.9. The van der Waals surface area contributed by atoms with Crippen LogP contribution in [0.1, 0.15) is 31.7 Å². The van der Waals surface area contributed by atoms with E-state index in [4.69, 9.17) is 0 Å². The molecular weight excluding hydrogens is 266 g/mol. The maximum Gasteiger partial charge on any atom is 0.227 e. The molecule has 21 heavy (non-hydrogen) atoms. The van der Waals surface area contributed by atoms with Crippen molar-refractivity contribution in [1.82, 2.24) is 20.6 Å². The topological polar surface area (TPSA) is 70.2 Å². The number of aromatic nitrogens is 2. The smallest absolute Gasteiger partial charge is 0.227 e. The molecule has 6 heteroatoms. The van der Waals surface area contributed by atoms with Crippen LogP contribution in [0, 0.1) is 5.41 Å². The summed E-state index contributed by atoms with van der Waals surface area (Å²) in [6.07, 6.45) is 7.16. The first-order valence-electron chi connectivity index (χ1n) is 7.62. The summed E-state index contributed by atoms with van der Waals surface area (Å²) in [5, 5.41) is 6.20. The van der Waals surface area contributed by atoms with E-state index in [1.807, 2.05) is 19.3 Å². The third-order valence-electron chi connectivity index (χ3n) is 4.40. The van der Waals surface area contributed by atoms with Gasteiger partial charge in [-0.2, -0.15) is 0 Å². The number of hydrogen-bond acceptors (Lipinski definition) is 5. The average Bonchev–Trinajstić information content (AvgIpc) is 3.26. The number of carbonyl (C=O) groups is 1. The van der Waals surface area contributed by atoms with Gasteiger partial charge in [-0.3, -0.25) is 4.79 Å². The molecule has 1 atom stereocenters. The lowest BCUT2D eigenvalue weighted by Crippen LogP contribution is -2.39. The summed E-state index contributed by atoms with van der Waals surface area (Å²) in [7, 11) is 1.69. The lowest BCUT2D eigenvalue weighted by atomic mass is 9.89. The fourth-order valence-electron chi connectivity index (χ4n) is 2.77. The molecule has 2 fully saturated rings. The Morgan fingerprint density at radius 3 is 2.76 bits per heavy atom. The molecule has 1 aromatic heterocycles. The van der Waals surface area contributed by atoms with Gasteiger partial charge >= 0.3 is 0 Å². The van der Waals surface area contributed by atoms with Crippen molar-refractivity contribution in [1.29, 1.82) is 0 Å². The first-order chi connectivity index (χ1) is 10.1. The predicted octanol–water partition coefficient (Wildman–Crippen LogP) is 0.691. The van der Waals surface area contributed by atoms with Crippen LogP contribution in [0.4, 0.5) is 5.95 Å². The molecule has 1 saturated carbocycles. The van der Waals surface area contributed by atoms with E-state index >= 15 is 0 Å². The summed E-state index contributed by atoms with van der Waals surface area (Å²) in [6.45, 7) is 4.33. The van der Waals surface area contributed by atoms with Crippen molar-refractivity contribution >= 4 is 11.9 Å². The van der Waals surface area contributed by atoms with E-state index in [1.54, 1.807) is 7.05 Å². The Balaban J connectivity index is 1.60. The molecule has 0 aromatic carbocycles. The minimum Gasteiger partial charge on any atom is -0.359 e. The second kappa shape index (κ2) is 5.60. The van der Waals surface area contributed by atoms with E-state index in [-0.39, 0.29) is 11.3 Å². The first kappa shape index (κ1) is 14.3. The molecule has 114 valence electrons. The van der Waals surface area contributed by atoms with E-state index in [9.17, 15) is 4.79 Å². The molecule has 1 unspecified atom stereocenters. The number of hydrogen-bond donors (Lipinski definition) is 2. The van der Waals surface area contributed by atoms with Gasteiger partial charge in [-0.05, 0) is 26.2 Å². The normalized spacial score (nSPS) is 25.1. The van der Waals surface area contributed by atoms with Gasteiger partial charge in [0.15, 0.2) is 0 Å². The Morgan fingerprint density at radius 1 is 1.43 bits per heavy atom. The van der Waals surface area contributed by atoms with Crippen LogP contribution in [-0.2, 0) is 11.3 Å². The quantitative estimate of drug-likeness (QED) is 0.834. The first-order valence-corrected chi connectivity index (χ1v) is 7.62. The lowest BCUT2D eigenvalue weighted by molar-refractivity contribution is -0.128. The number of nitrogens with one attached hydrogen (secondary N) is 2. The summed E-state index contributed by atoms with van der Waals surface area (Å²) in [6, 6.07) is 0.691. The van der Waals surface area contributed by atoms with Gasteiger partial charge in [0.25, 0.3) is 0 Å². The molecule has 1 aliphatic heterocycles. The summed E-state index contributed by atoms with van der Waals surface area (Å²) >= 11 is 0. The van der Waals surface area contributed by atoms with Gasteiger partial charge in [0.2, 0.25) is 11.9 Å². The number of amides is 1. The van der Waals surface area contributed by atoms with Crippen molar-refractivity contribution in [2.24, 2.45) is 5.41 Å². The molecule has 0 bridgehead atoms. The van der Waals surface area contributed by atoms with Crippen molar-refractivity contribution in [3.05, 3.63) is 18.0 Å². The number of anilines is 1. The minimum atomic E-state index is -0.343. The fraction of sp³-hybridized carbons (Fsp3) is 0.667. The third kappa shape index (κ3) is 3.15. The van der Waals surface area contributed by atoms with E-state index in [2.05, 4.69) is 25.5 Å². The molecule has 1 saturated heterocycles. The van der Waals surface area contributed by atoms with Crippen LogP contribution >= 0.6 is 0 Å². The van der Waals surface area contributed by atoms with E-state index in [0.717, 1.165) is 31.0 Å².